The summed E-state index contributed by atoms with van der Waals surface area (Å²) < 4.78 is 0. The van der Waals surface area contributed by atoms with Crippen molar-refractivity contribution in [2.45, 2.75) is 32.4 Å². The normalized spacial score (nSPS) is 22.8. The molecular formula is C11H19N3O4. The highest BCUT2D eigenvalue weighted by Crippen LogP contribution is 2.08. The zero-order valence-corrected chi connectivity index (χ0v) is 10.5. The highest BCUT2D eigenvalue weighted by atomic mass is 16.4. The van der Waals surface area contributed by atoms with Crippen LogP contribution in [0.25, 0.3) is 0 Å². The monoisotopic (exact) mass is 257 g/mol. The number of hydrogen-bond donors (Lipinski definition) is 4. The van der Waals surface area contributed by atoms with E-state index in [1.54, 1.807) is 6.92 Å². The molecule has 1 aliphatic rings. The van der Waals surface area contributed by atoms with Crippen LogP contribution in [0.2, 0.25) is 0 Å². The van der Waals surface area contributed by atoms with Crippen molar-refractivity contribution in [2.24, 2.45) is 5.92 Å². The van der Waals surface area contributed by atoms with Crippen LogP contribution in [-0.2, 0) is 14.4 Å². The largest absolute Gasteiger partial charge is 0.480 e. The summed E-state index contributed by atoms with van der Waals surface area (Å²) in [6.45, 7) is 3.89. The number of nitrogens with one attached hydrogen (secondary N) is 3. The number of carbonyl (C=O) groups excluding carboxylic acids is 2. The van der Waals surface area contributed by atoms with E-state index in [9.17, 15) is 14.4 Å². The van der Waals surface area contributed by atoms with E-state index in [-0.39, 0.29) is 24.9 Å². The SMILES string of the molecule is CCC(C)C(NC(=O)C1CNC(=O)CN1)C(=O)O. The molecule has 0 aromatic carbocycles. The Balaban J connectivity index is 2.56. The third-order valence-corrected chi connectivity index (χ3v) is 3.11. The number of aliphatic carboxylic acids is 1. The Morgan fingerprint density at radius 3 is 2.67 bits per heavy atom. The number of hydrogen-bond acceptors (Lipinski definition) is 4. The molecule has 0 saturated carbocycles. The Morgan fingerprint density at radius 2 is 2.22 bits per heavy atom. The molecular weight excluding hydrogens is 238 g/mol. The number of carboxylic acid groups (broad SMARTS) is 1. The Bertz CT molecular complexity index is 335. The van der Waals surface area contributed by atoms with Crippen molar-refractivity contribution in [1.82, 2.24) is 16.0 Å². The van der Waals surface area contributed by atoms with Gasteiger partial charge in [0.25, 0.3) is 0 Å². The fourth-order valence-corrected chi connectivity index (χ4v) is 1.69. The maximum absolute atomic E-state index is 11.9. The van der Waals surface area contributed by atoms with Gasteiger partial charge >= 0.3 is 5.97 Å². The molecule has 4 N–H and O–H groups in total. The molecule has 2 amide bonds. The molecule has 3 unspecified atom stereocenters. The van der Waals surface area contributed by atoms with Gasteiger partial charge in [0.15, 0.2) is 0 Å². The smallest absolute Gasteiger partial charge is 0.326 e. The fraction of sp³-hybridized carbons (Fsp3) is 0.727. The van der Waals surface area contributed by atoms with Gasteiger partial charge < -0.3 is 15.7 Å². The van der Waals surface area contributed by atoms with E-state index < -0.39 is 24.0 Å². The van der Waals surface area contributed by atoms with Crippen molar-refractivity contribution in [1.29, 1.82) is 0 Å². The summed E-state index contributed by atoms with van der Waals surface area (Å²) in [5.74, 6) is -1.76. The van der Waals surface area contributed by atoms with Crippen LogP contribution < -0.4 is 16.0 Å². The first-order chi connectivity index (χ1) is 8.45. The first-order valence-electron chi connectivity index (χ1n) is 5.99. The molecule has 1 fully saturated rings. The van der Waals surface area contributed by atoms with Gasteiger partial charge in [-0.1, -0.05) is 20.3 Å². The highest BCUT2D eigenvalue weighted by molar-refractivity contribution is 5.89. The number of carbonyl (C=O) groups is 3. The van der Waals surface area contributed by atoms with Crippen LogP contribution in [0.5, 0.6) is 0 Å². The van der Waals surface area contributed by atoms with Crippen molar-refractivity contribution < 1.29 is 19.5 Å². The molecule has 18 heavy (non-hydrogen) atoms. The van der Waals surface area contributed by atoms with Crippen molar-refractivity contribution >= 4 is 17.8 Å². The van der Waals surface area contributed by atoms with Gasteiger partial charge in [-0.05, 0) is 5.92 Å². The van der Waals surface area contributed by atoms with Gasteiger partial charge in [-0.25, -0.2) is 4.79 Å². The second kappa shape index (κ2) is 6.34. The van der Waals surface area contributed by atoms with Crippen LogP contribution in [-0.4, -0.2) is 48.1 Å². The summed E-state index contributed by atoms with van der Waals surface area (Å²) in [6.07, 6.45) is 0.659. The lowest BCUT2D eigenvalue weighted by Crippen LogP contribution is -2.60. The van der Waals surface area contributed by atoms with Crippen LogP contribution in [0.1, 0.15) is 20.3 Å². The lowest BCUT2D eigenvalue weighted by molar-refractivity contribution is -0.144. The molecule has 1 aliphatic heterocycles. The van der Waals surface area contributed by atoms with Crippen LogP contribution in [0.4, 0.5) is 0 Å². The number of rotatable bonds is 5. The van der Waals surface area contributed by atoms with Gasteiger partial charge in [0, 0.05) is 6.54 Å². The molecule has 1 rings (SSSR count). The second-order valence-corrected chi connectivity index (χ2v) is 4.45. The van der Waals surface area contributed by atoms with E-state index in [2.05, 4.69) is 16.0 Å². The topological polar surface area (TPSA) is 108 Å². The average Bonchev–Trinajstić information content (AvgIpc) is 2.35. The van der Waals surface area contributed by atoms with E-state index in [1.165, 1.54) is 0 Å². The van der Waals surface area contributed by atoms with Gasteiger partial charge in [0.05, 0.1) is 6.54 Å². The van der Waals surface area contributed by atoms with E-state index in [4.69, 9.17) is 5.11 Å². The van der Waals surface area contributed by atoms with E-state index in [0.29, 0.717) is 6.42 Å². The maximum Gasteiger partial charge on any atom is 0.326 e. The number of amides is 2. The molecule has 102 valence electrons. The van der Waals surface area contributed by atoms with Gasteiger partial charge in [-0.15, -0.1) is 0 Å². The zero-order chi connectivity index (χ0) is 13.7. The predicted molar refractivity (Wildman–Crippen MR) is 63.8 cm³/mol. The van der Waals surface area contributed by atoms with Gasteiger partial charge in [0.1, 0.15) is 12.1 Å². The predicted octanol–water partition coefficient (Wildman–Crippen LogP) is -1.31. The molecule has 1 heterocycles. The molecule has 0 bridgehead atoms. The van der Waals surface area contributed by atoms with Gasteiger partial charge in [-0.2, -0.15) is 0 Å². The standard InChI is InChI=1S/C11H19N3O4/c1-3-6(2)9(11(17)18)14-10(16)7-4-13-8(15)5-12-7/h6-7,9,12H,3-5H2,1-2H3,(H,13,15)(H,14,16)(H,17,18). The third kappa shape index (κ3) is 3.69. The molecule has 1 saturated heterocycles. The summed E-state index contributed by atoms with van der Waals surface area (Å²) >= 11 is 0. The average molecular weight is 257 g/mol. The molecule has 0 aliphatic carbocycles. The Labute approximate surface area is 105 Å². The highest BCUT2D eigenvalue weighted by Gasteiger charge is 2.30. The molecule has 7 heteroatoms. The Hall–Kier alpha value is -1.63. The van der Waals surface area contributed by atoms with Crippen LogP contribution in [0.15, 0.2) is 0 Å². The van der Waals surface area contributed by atoms with Crippen LogP contribution in [0, 0.1) is 5.92 Å². The molecule has 0 aromatic heterocycles. The van der Waals surface area contributed by atoms with Crippen LogP contribution >= 0.6 is 0 Å². The zero-order valence-electron chi connectivity index (χ0n) is 10.5. The van der Waals surface area contributed by atoms with Crippen molar-refractivity contribution in [3.8, 4) is 0 Å². The first kappa shape index (κ1) is 14.4. The number of carboxylic acids is 1. The minimum absolute atomic E-state index is 0.0686. The summed E-state index contributed by atoms with van der Waals surface area (Å²) in [5.41, 5.74) is 0. The van der Waals surface area contributed by atoms with E-state index in [1.807, 2.05) is 6.92 Å². The van der Waals surface area contributed by atoms with Gasteiger partial charge in [0.2, 0.25) is 11.8 Å². The number of piperazine rings is 1. The van der Waals surface area contributed by atoms with Crippen molar-refractivity contribution in [3.63, 3.8) is 0 Å². The molecule has 3 atom stereocenters. The molecule has 0 spiro atoms. The lowest BCUT2D eigenvalue weighted by Gasteiger charge is -2.26. The summed E-state index contributed by atoms with van der Waals surface area (Å²) in [6, 6.07) is -1.48. The summed E-state index contributed by atoms with van der Waals surface area (Å²) in [7, 11) is 0. The summed E-state index contributed by atoms with van der Waals surface area (Å²) in [4.78, 5) is 33.8. The molecule has 0 aromatic rings. The third-order valence-electron chi connectivity index (χ3n) is 3.11. The van der Waals surface area contributed by atoms with Crippen molar-refractivity contribution in [3.05, 3.63) is 0 Å². The first-order valence-corrected chi connectivity index (χ1v) is 5.99. The quantitative estimate of drug-likeness (QED) is 0.489. The van der Waals surface area contributed by atoms with Crippen LogP contribution in [0.3, 0.4) is 0 Å². The van der Waals surface area contributed by atoms with Gasteiger partial charge in [-0.3, -0.25) is 14.9 Å². The second-order valence-electron chi connectivity index (χ2n) is 4.45. The summed E-state index contributed by atoms with van der Waals surface area (Å²) in [5, 5.41) is 16.9. The van der Waals surface area contributed by atoms with Crippen molar-refractivity contribution in [2.75, 3.05) is 13.1 Å². The Morgan fingerprint density at radius 1 is 1.56 bits per heavy atom. The molecule has 7 nitrogen and oxygen atoms in total. The van der Waals surface area contributed by atoms with E-state index >= 15 is 0 Å². The van der Waals surface area contributed by atoms with E-state index in [0.717, 1.165) is 0 Å². The Kier molecular flexibility index (Phi) is 5.08. The maximum atomic E-state index is 11.9. The molecule has 0 radical (unpaired) electrons. The minimum Gasteiger partial charge on any atom is -0.480 e. The lowest BCUT2D eigenvalue weighted by atomic mass is 9.99. The fourth-order valence-electron chi connectivity index (χ4n) is 1.69. The minimum atomic E-state index is -1.04.